The lowest BCUT2D eigenvalue weighted by Crippen LogP contribution is -2.47. The van der Waals surface area contributed by atoms with Gasteiger partial charge in [-0.1, -0.05) is 6.07 Å². The summed E-state index contributed by atoms with van der Waals surface area (Å²) in [5.41, 5.74) is -0.738. The van der Waals surface area contributed by atoms with Gasteiger partial charge in [-0.2, -0.15) is 13.2 Å². The van der Waals surface area contributed by atoms with Gasteiger partial charge in [-0.05, 0) is 38.0 Å². The predicted molar refractivity (Wildman–Crippen MR) is 115 cm³/mol. The van der Waals surface area contributed by atoms with Crippen LogP contribution in [0.15, 0.2) is 29.3 Å². The zero-order valence-electron chi connectivity index (χ0n) is 16.5. The van der Waals surface area contributed by atoms with E-state index in [1.165, 1.54) is 12.1 Å². The van der Waals surface area contributed by atoms with Crippen molar-refractivity contribution < 1.29 is 27.4 Å². The van der Waals surface area contributed by atoms with E-state index >= 15 is 0 Å². The molecule has 1 aromatic rings. The number of esters is 1. The van der Waals surface area contributed by atoms with Gasteiger partial charge >= 0.3 is 12.1 Å². The fourth-order valence-corrected chi connectivity index (χ4v) is 3.01. The van der Waals surface area contributed by atoms with Crippen molar-refractivity contribution in [1.82, 2.24) is 10.2 Å². The van der Waals surface area contributed by atoms with Crippen molar-refractivity contribution in [1.29, 1.82) is 0 Å². The van der Waals surface area contributed by atoms with Crippen molar-refractivity contribution in [2.24, 2.45) is 10.9 Å². The number of rotatable bonds is 6. The van der Waals surface area contributed by atoms with Crippen LogP contribution in [0.4, 0.5) is 13.2 Å². The minimum Gasteiger partial charge on any atom is -0.492 e. The van der Waals surface area contributed by atoms with Crippen LogP contribution in [0.25, 0.3) is 0 Å². The van der Waals surface area contributed by atoms with Gasteiger partial charge in [0.05, 0.1) is 24.6 Å². The molecule has 1 fully saturated rings. The molecule has 0 radical (unpaired) electrons. The maximum atomic E-state index is 12.7. The van der Waals surface area contributed by atoms with Gasteiger partial charge in [0.25, 0.3) is 0 Å². The van der Waals surface area contributed by atoms with Crippen LogP contribution in [0.1, 0.15) is 25.3 Å². The Morgan fingerprint density at radius 1 is 1.31 bits per heavy atom. The highest BCUT2D eigenvalue weighted by atomic mass is 127. The summed E-state index contributed by atoms with van der Waals surface area (Å²) in [6.07, 6.45) is -3.00. The average molecular weight is 529 g/mol. The molecule has 6 nitrogen and oxygen atoms in total. The number of halogens is 4. The number of nitrogens with one attached hydrogen (secondary N) is 1. The molecule has 0 saturated carbocycles. The van der Waals surface area contributed by atoms with Crippen LogP contribution < -0.4 is 10.1 Å². The fraction of sp³-hybridized carbons (Fsp3) is 0.579. The molecule has 29 heavy (non-hydrogen) atoms. The van der Waals surface area contributed by atoms with Crippen molar-refractivity contribution in [3.63, 3.8) is 0 Å². The number of piperidine rings is 1. The highest BCUT2D eigenvalue weighted by Gasteiger charge is 2.30. The zero-order valence-corrected chi connectivity index (χ0v) is 18.8. The summed E-state index contributed by atoms with van der Waals surface area (Å²) in [6.45, 7) is 4.12. The lowest BCUT2D eigenvalue weighted by Gasteiger charge is -2.33. The molecule has 0 unspecified atom stereocenters. The molecule has 0 amide bonds. The highest BCUT2D eigenvalue weighted by Crippen LogP contribution is 2.31. The van der Waals surface area contributed by atoms with Crippen molar-refractivity contribution in [2.45, 2.75) is 25.9 Å². The molecule has 1 aliphatic rings. The maximum absolute atomic E-state index is 12.7. The van der Waals surface area contributed by atoms with E-state index in [0.29, 0.717) is 45.0 Å². The molecule has 1 N–H and O–H groups in total. The van der Waals surface area contributed by atoms with Gasteiger partial charge in [-0.25, -0.2) is 0 Å². The quantitative estimate of drug-likeness (QED) is 0.201. The second-order valence-electron chi connectivity index (χ2n) is 6.36. The number of carbonyl (C=O) groups is 1. The topological polar surface area (TPSA) is 63.2 Å². The molecule has 2 rings (SSSR count). The van der Waals surface area contributed by atoms with Crippen LogP contribution in [0.2, 0.25) is 0 Å². The van der Waals surface area contributed by atoms with E-state index in [2.05, 4.69) is 10.3 Å². The minimum atomic E-state index is -4.39. The van der Waals surface area contributed by atoms with Crippen LogP contribution >= 0.6 is 24.0 Å². The maximum Gasteiger partial charge on any atom is 0.416 e. The number of guanidine groups is 1. The molecule has 164 valence electrons. The van der Waals surface area contributed by atoms with Crippen molar-refractivity contribution in [3.05, 3.63) is 29.8 Å². The summed E-state index contributed by atoms with van der Waals surface area (Å²) >= 11 is 0. The summed E-state index contributed by atoms with van der Waals surface area (Å²) < 4.78 is 48.6. The summed E-state index contributed by atoms with van der Waals surface area (Å²) in [5, 5.41) is 3.14. The third-order valence-electron chi connectivity index (χ3n) is 4.44. The predicted octanol–water partition coefficient (Wildman–Crippen LogP) is 3.55. The number of nitrogens with zero attached hydrogens (tertiary/aromatic N) is 2. The molecule has 0 aromatic heterocycles. The van der Waals surface area contributed by atoms with Crippen LogP contribution in [0.3, 0.4) is 0 Å². The van der Waals surface area contributed by atoms with Gasteiger partial charge in [-0.15, -0.1) is 24.0 Å². The zero-order chi connectivity index (χ0) is 20.6. The molecule has 0 spiro atoms. The Labute approximate surface area is 185 Å². The number of hydrogen-bond donors (Lipinski definition) is 1. The molecule has 1 saturated heterocycles. The van der Waals surface area contributed by atoms with Crippen LogP contribution in [0, 0.1) is 5.92 Å². The highest BCUT2D eigenvalue weighted by molar-refractivity contribution is 14.0. The van der Waals surface area contributed by atoms with Gasteiger partial charge < -0.3 is 19.7 Å². The molecular weight excluding hydrogens is 502 g/mol. The van der Waals surface area contributed by atoms with Crippen molar-refractivity contribution in [3.8, 4) is 5.75 Å². The molecule has 10 heteroatoms. The Balaban J connectivity index is 0.00000420. The first-order valence-corrected chi connectivity index (χ1v) is 9.27. The first kappa shape index (κ1) is 25.3. The van der Waals surface area contributed by atoms with E-state index < -0.39 is 11.7 Å². The van der Waals surface area contributed by atoms with Crippen LogP contribution in [-0.2, 0) is 15.7 Å². The molecule has 1 aromatic carbocycles. The van der Waals surface area contributed by atoms with E-state index in [9.17, 15) is 18.0 Å². The summed E-state index contributed by atoms with van der Waals surface area (Å²) in [5.74, 6) is 0.606. The third kappa shape index (κ3) is 7.90. The Bertz CT molecular complexity index is 678. The van der Waals surface area contributed by atoms with Gasteiger partial charge in [-0.3, -0.25) is 9.79 Å². The second kappa shape index (κ2) is 12.1. The SMILES string of the molecule is CCOC(=O)C1CCN(C(=NC)NCCOc2cccc(C(F)(F)F)c2)CC1.I. The summed E-state index contributed by atoms with van der Waals surface area (Å²) in [6, 6.07) is 4.80. The monoisotopic (exact) mass is 529 g/mol. The summed E-state index contributed by atoms with van der Waals surface area (Å²) in [7, 11) is 1.66. The number of aliphatic imine (C=N–C) groups is 1. The Hall–Kier alpha value is -1.72. The Morgan fingerprint density at radius 2 is 2.00 bits per heavy atom. The molecular formula is C19H27F3IN3O3. The van der Waals surface area contributed by atoms with Crippen molar-refractivity contribution in [2.75, 3.05) is 39.9 Å². The van der Waals surface area contributed by atoms with Crippen LogP contribution in [-0.4, -0.2) is 56.7 Å². The Morgan fingerprint density at radius 3 is 2.59 bits per heavy atom. The molecule has 0 aliphatic carbocycles. The second-order valence-corrected chi connectivity index (χ2v) is 6.36. The van der Waals surface area contributed by atoms with Gasteiger partial charge in [0.1, 0.15) is 12.4 Å². The lowest BCUT2D eigenvalue weighted by atomic mass is 9.97. The smallest absolute Gasteiger partial charge is 0.416 e. The van der Waals surface area contributed by atoms with E-state index in [4.69, 9.17) is 9.47 Å². The Kier molecular flexibility index (Phi) is 10.5. The number of carbonyl (C=O) groups excluding carboxylic acids is 1. The first-order chi connectivity index (χ1) is 13.3. The molecule has 0 bridgehead atoms. The number of benzene rings is 1. The number of hydrogen-bond acceptors (Lipinski definition) is 4. The molecule has 1 heterocycles. The largest absolute Gasteiger partial charge is 0.492 e. The van der Waals surface area contributed by atoms with E-state index in [1.54, 1.807) is 14.0 Å². The van der Waals surface area contributed by atoms with Gasteiger partial charge in [0.15, 0.2) is 5.96 Å². The number of ether oxygens (including phenoxy) is 2. The fourth-order valence-electron chi connectivity index (χ4n) is 3.01. The normalized spacial score (nSPS) is 15.5. The average Bonchev–Trinajstić information content (AvgIpc) is 2.68. The van der Waals surface area contributed by atoms with E-state index in [-0.39, 0.29) is 48.2 Å². The summed E-state index contributed by atoms with van der Waals surface area (Å²) in [4.78, 5) is 18.1. The first-order valence-electron chi connectivity index (χ1n) is 9.27. The molecule has 0 atom stereocenters. The van der Waals surface area contributed by atoms with E-state index in [1.807, 2.05) is 4.90 Å². The number of likely N-dealkylation sites (tertiary alicyclic amines) is 1. The van der Waals surface area contributed by atoms with Crippen molar-refractivity contribution >= 4 is 35.9 Å². The van der Waals surface area contributed by atoms with Gasteiger partial charge in [0, 0.05) is 20.1 Å². The molecule has 1 aliphatic heterocycles. The van der Waals surface area contributed by atoms with Crippen LogP contribution in [0.5, 0.6) is 5.75 Å². The third-order valence-corrected chi connectivity index (χ3v) is 4.44. The lowest BCUT2D eigenvalue weighted by molar-refractivity contribution is -0.149. The van der Waals surface area contributed by atoms with Gasteiger partial charge in [0.2, 0.25) is 0 Å². The van der Waals surface area contributed by atoms with E-state index in [0.717, 1.165) is 12.1 Å². The number of alkyl halides is 3. The minimum absolute atomic E-state index is 0. The standard InChI is InChI=1S/C19H26F3N3O3.HI/c1-3-27-17(26)14-7-10-25(11-8-14)18(23-2)24-9-12-28-16-6-4-5-15(13-16)19(20,21)22;/h4-6,13-14H,3,7-12H2,1-2H3,(H,23,24);1H.